The van der Waals surface area contributed by atoms with Gasteiger partial charge in [-0.3, -0.25) is 4.98 Å². The van der Waals surface area contributed by atoms with Crippen LogP contribution >= 0.6 is 11.5 Å². The van der Waals surface area contributed by atoms with Crippen LogP contribution in [0, 0.1) is 13.8 Å². The lowest BCUT2D eigenvalue weighted by atomic mass is 10.00. The molecule has 0 aliphatic carbocycles. The van der Waals surface area contributed by atoms with Gasteiger partial charge in [0.2, 0.25) is 5.95 Å². The van der Waals surface area contributed by atoms with Gasteiger partial charge in [0.1, 0.15) is 5.69 Å². The molecule has 0 aliphatic rings. The van der Waals surface area contributed by atoms with E-state index in [-0.39, 0.29) is 0 Å². The Morgan fingerprint density at radius 1 is 0.917 bits per heavy atom. The lowest BCUT2D eigenvalue weighted by molar-refractivity contribution is 0.817. The first-order valence-electron chi connectivity index (χ1n) is 11.3. The molecule has 6 rings (SSSR count). The van der Waals surface area contributed by atoms with Gasteiger partial charge in [0, 0.05) is 35.6 Å². The second-order valence-electron chi connectivity index (χ2n) is 8.40. The van der Waals surface area contributed by atoms with Crippen molar-refractivity contribution in [1.82, 2.24) is 39.5 Å². The summed E-state index contributed by atoms with van der Waals surface area (Å²) in [6.07, 6.45) is 3.54. The van der Waals surface area contributed by atoms with Crippen LogP contribution in [0.25, 0.3) is 39.2 Å². The topological polar surface area (TPSA) is 98.4 Å². The summed E-state index contributed by atoms with van der Waals surface area (Å²) >= 11 is 1.34. The van der Waals surface area contributed by atoms with Gasteiger partial charge in [-0.15, -0.1) is 10.2 Å². The zero-order valence-corrected chi connectivity index (χ0v) is 20.7. The number of aryl methyl sites for hydroxylation is 1. The Morgan fingerprint density at radius 2 is 1.78 bits per heavy atom. The molecule has 0 unspecified atom stereocenters. The fourth-order valence-electron chi connectivity index (χ4n) is 4.07. The Kier molecular flexibility index (Phi) is 5.42. The lowest BCUT2D eigenvalue weighted by Gasteiger charge is -2.17. The summed E-state index contributed by atoms with van der Waals surface area (Å²) < 4.78 is 5.69. The molecule has 0 N–H and O–H groups in total. The summed E-state index contributed by atoms with van der Waals surface area (Å²) in [6, 6.07) is 18.3. The number of hydrogen-bond acceptors (Lipinski definition) is 9. The van der Waals surface area contributed by atoms with Crippen LogP contribution in [-0.4, -0.2) is 46.6 Å². The quantitative estimate of drug-likeness (QED) is 0.325. The number of pyridine rings is 1. The van der Waals surface area contributed by atoms with Crippen molar-refractivity contribution >= 4 is 34.3 Å². The summed E-state index contributed by atoms with van der Waals surface area (Å²) in [7, 11) is 1.93. The SMILES string of the molecule is Cc1nccc(-c2cccc(-n3nnc4cnc(N(C)c5ccc(-c6csnn6)cc5)nc43)c2)c1C. The Hall–Kier alpha value is -4.57. The molecule has 0 aliphatic heterocycles. The number of rotatable bonds is 5. The largest absolute Gasteiger partial charge is 0.314 e. The van der Waals surface area contributed by atoms with Crippen molar-refractivity contribution < 1.29 is 0 Å². The molecule has 9 nitrogen and oxygen atoms in total. The molecule has 4 aromatic heterocycles. The molecular formula is C26H21N9S. The molecule has 0 spiro atoms. The number of nitrogens with zero attached hydrogens (tertiary/aromatic N) is 9. The van der Waals surface area contributed by atoms with Crippen LogP contribution in [0.3, 0.4) is 0 Å². The highest BCUT2D eigenvalue weighted by Gasteiger charge is 2.15. The average Bonchev–Trinajstić information content (AvgIpc) is 3.60. The maximum Gasteiger partial charge on any atom is 0.231 e. The number of benzene rings is 2. The molecule has 0 amide bonds. The average molecular weight is 492 g/mol. The normalized spacial score (nSPS) is 11.2. The Labute approximate surface area is 211 Å². The molecular weight excluding hydrogens is 470 g/mol. The van der Waals surface area contributed by atoms with Gasteiger partial charge in [0.15, 0.2) is 11.2 Å². The third kappa shape index (κ3) is 3.87. The maximum atomic E-state index is 4.82. The summed E-state index contributed by atoms with van der Waals surface area (Å²) in [4.78, 5) is 15.7. The molecule has 0 fully saturated rings. The molecule has 0 radical (unpaired) electrons. The molecule has 176 valence electrons. The first-order chi connectivity index (χ1) is 17.6. The minimum atomic E-state index is 0.547. The Bertz CT molecular complexity index is 1670. The van der Waals surface area contributed by atoms with Crippen molar-refractivity contribution in [3.05, 3.63) is 83.6 Å². The van der Waals surface area contributed by atoms with Crippen molar-refractivity contribution in [2.24, 2.45) is 0 Å². The second-order valence-corrected chi connectivity index (χ2v) is 9.01. The van der Waals surface area contributed by atoms with E-state index in [0.29, 0.717) is 17.1 Å². The minimum Gasteiger partial charge on any atom is -0.314 e. The molecule has 0 saturated carbocycles. The van der Waals surface area contributed by atoms with E-state index in [2.05, 4.69) is 48.9 Å². The lowest BCUT2D eigenvalue weighted by Crippen LogP contribution is -2.13. The zero-order valence-electron chi connectivity index (χ0n) is 19.9. The fourth-order valence-corrected chi connectivity index (χ4v) is 4.54. The molecule has 10 heteroatoms. The summed E-state index contributed by atoms with van der Waals surface area (Å²) in [6.45, 7) is 4.11. The first-order valence-corrected chi connectivity index (χ1v) is 12.1. The van der Waals surface area contributed by atoms with E-state index in [9.17, 15) is 0 Å². The number of hydrogen-bond donors (Lipinski definition) is 0. The third-order valence-corrected chi connectivity index (χ3v) is 6.75. The van der Waals surface area contributed by atoms with Crippen molar-refractivity contribution in [1.29, 1.82) is 0 Å². The van der Waals surface area contributed by atoms with Gasteiger partial charge in [-0.2, -0.15) is 9.67 Å². The standard InChI is InChI=1S/C26H21N9S/c1-16-17(2)27-12-11-22(16)19-5-4-6-21(13-19)35-25-23(30-32-35)14-28-26(29-25)34(3)20-9-7-18(8-10-20)24-15-36-33-31-24/h4-15H,1-3H3. The highest BCUT2D eigenvalue weighted by molar-refractivity contribution is 7.03. The van der Waals surface area contributed by atoms with E-state index in [1.54, 1.807) is 10.9 Å². The molecule has 4 heterocycles. The van der Waals surface area contributed by atoms with Gasteiger partial charge < -0.3 is 4.90 Å². The van der Waals surface area contributed by atoms with E-state index < -0.39 is 0 Å². The monoisotopic (exact) mass is 491 g/mol. The summed E-state index contributed by atoms with van der Waals surface area (Å²) in [5.41, 5.74) is 9.35. The van der Waals surface area contributed by atoms with Crippen LogP contribution < -0.4 is 4.90 Å². The van der Waals surface area contributed by atoms with E-state index in [0.717, 1.165) is 45.0 Å². The van der Waals surface area contributed by atoms with E-state index in [1.165, 1.54) is 11.5 Å². The van der Waals surface area contributed by atoms with E-state index >= 15 is 0 Å². The highest BCUT2D eigenvalue weighted by atomic mass is 32.1. The molecule has 0 saturated heterocycles. The zero-order chi connectivity index (χ0) is 24.6. The van der Waals surface area contributed by atoms with Crippen LogP contribution in [0.5, 0.6) is 0 Å². The third-order valence-electron chi connectivity index (χ3n) is 6.25. The number of aromatic nitrogens is 8. The van der Waals surface area contributed by atoms with Gasteiger partial charge in [-0.05, 0) is 72.4 Å². The Balaban J connectivity index is 1.36. The molecule has 6 aromatic rings. The van der Waals surface area contributed by atoms with E-state index in [4.69, 9.17) is 4.98 Å². The van der Waals surface area contributed by atoms with Crippen LogP contribution in [0.15, 0.2) is 72.4 Å². The van der Waals surface area contributed by atoms with Gasteiger partial charge >= 0.3 is 0 Å². The number of fused-ring (bicyclic) bond motifs is 1. The minimum absolute atomic E-state index is 0.547. The summed E-state index contributed by atoms with van der Waals surface area (Å²) in [5, 5.41) is 14.7. The molecule has 0 bridgehead atoms. The van der Waals surface area contributed by atoms with Crippen LogP contribution in [-0.2, 0) is 0 Å². The van der Waals surface area contributed by atoms with Crippen LogP contribution in [0.4, 0.5) is 11.6 Å². The first kappa shape index (κ1) is 21.9. The van der Waals surface area contributed by atoms with Crippen LogP contribution in [0.2, 0.25) is 0 Å². The fraction of sp³-hybridized carbons (Fsp3) is 0.115. The van der Waals surface area contributed by atoms with Gasteiger partial charge in [0.05, 0.1) is 11.9 Å². The van der Waals surface area contributed by atoms with E-state index in [1.807, 2.05) is 72.9 Å². The predicted molar refractivity (Wildman–Crippen MR) is 141 cm³/mol. The second kappa shape index (κ2) is 8.90. The predicted octanol–water partition coefficient (Wildman–Crippen LogP) is 5.18. The van der Waals surface area contributed by atoms with Crippen molar-refractivity contribution in [3.8, 4) is 28.1 Å². The van der Waals surface area contributed by atoms with Crippen molar-refractivity contribution in [2.45, 2.75) is 13.8 Å². The number of anilines is 2. The molecule has 36 heavy (non-hydrogen) atoms. The Morgan fingerprint density at radius 3 is 2.58 bits per heavy atom. The van der Waals surface area contributed by atoms with Crippen LogP contribution in [0.1, 0.15) is 11.3 Å². The van der Waals surface area contributed by atoms with Gasteiger partial charge in [-0.25, -0.2) is 4.98 Å². The molecule has 2 aromatic carbocycles. The maximum absolute atomic E-state index is 4.82. The smallest absolute Gasteiger partial charge is 0.231 e. The van der Waals surface area contributed by atoms with Gasteiger partial charge in [-0.1, -0.05) is 34.0 Å². The molecule has 0 atom stereocenters. The van der Waals surface area contributed by atoms with Crippen molar-refractivity contribution in [3.63, 3.8) is 0 Å². The highest BCUT2D eigenvalue weighted by Crippen LogP contribution is 2.28. The summed E-state index contributed by atoms with van der Waals surface area (Å²) in [5.74, 6) is 0.547. The van der Waals surface area contributed by atoms with Crippen molar-refractivity contribution in [2.75, 3.05) is 11.9 Å². The van der Waals surface area contributed by atoms with Gasteiger partial charge in [0.25, 0.3) is 0 Å².